The number of aliphatic hydroxyl groups is 1. The predicted molar refractivity (Wildman–Crippen MR) is 55.5 cm³/mol. The molecule has 0 amide bonds. The van der Waals surface area contributed by atoms with Crippen LogP contribution in [0.25, 0.3) is 0 Å². The van der Waals surface area contributed by atoms with Crippen molar-refractivity contribution in [3.63, 3.8) is 0 Å². The molecule has 0 aromatic heterocycles. The van der Waals surface area contributed by atoms with Crippen LogP contribution in [0.15, 0.2) is 18.2 Å². The van der Waals surface area contributed by atoms with E-state index in [-0.39, 0.29) is 0 Å². The Kier molecular flexibility index (Phi) is 4.69. The summed E-state index contributed by atoms with van der Waals surface area (Å²) in [6.07, 6.45) is 2.74. The Labute approximate surface area is 88.7 Å². The lowest BCUT2D eigenvalue weighted by Crippen LogP contribution is -1.99. The van der Waals surface area contributed by atoms with E-state index in [1.165, 1.54) is 12.1 Å². The Bertz CT molecular complexity index is 292. The monoisotopic (exact) mass is 214 g/mol. The standard InChI is InChI=1S/C12H16F2O/c1-2-3-4-5-12(15)9-6-10(13)8-11(14)7-9/h6-8,12,15H,2-5H2,1H3. The van der Waals surface area contributed by atoms with Gasteiger partial charge in [-0.2, -0.15) is 0 Å². The van der Waals surface area contributed by atoms with Crippen LogP contribution < -0.4 is 0 Å². The average Bonchev–Trinajstić information content (AvgIpc) is 2.16. The van der Waals surface area contributed by atoms with Gasteiger partial charge >= 0.3 is 0 Å². The van der Waals surface area contributed by atoms with Crippen molar-refractivity contribution < 1.29 is 13.9 Å². The topological polar surface area (TPSA) is 20.2 Å². The fraction of sp³-hybridized carbons (Fsp3) is 0.500. The number of unbranched alkanes of at least 4 members (excludes halogenated alkanes) is 2. The summed E-state index contributed by atoms with van der Waals surface area (Å²) >= 11 is 0. The summed E-state index contributed by atoms with van der Waals surface area (Å²) in [5.41, 5.74) is 0.323. The second-order valence-corrected chi connectivity index (χ2v) is 3.71. The lowest BCUT2D eigenvalue weighted by molar-refractivity contribution is 0.162. The van der Waals surface area contributed by atoms with E-state index in [1.807, 2.05) is 0 Å². The molecule has 0 saturated heterocycles. The fourth-order valence-electron chi connectivity index (χ4n) is 1.52. The van der Waals surface area contributed by atoms with Gasteiger partial charge in [-0.25, -0.2) is 8.78 Å². The zero-order valence-corrected chi connectivity index (χ0v) is 8.84. The molecule has 3 heteroatoms. The normalized spacial score (nSPS) is 12.8. The van der Waals surface area contributed by atoms with Crippen LogP contribution in [0.3, 0.4) is 0 Å². The van der Waals surface area contributed by atoms with Crippen molar-refractivity contribution in [2.75, 3.05) is 0 Å². The van der Waals surface area contributed by atoms with Crippen molar-refractivity contribution in [1.82, 2.24) is 0 Å². The van der Waals surface area contributed by atoms with Crippen LogP contribution in [0.2, 0.25) is 0 Å². The largest absolute Gasteiger partial charge is 0.388 e. The summed E-state index contributed by atoms with van der Waals surface area (Å²) in [6, 6.07) is 3.17. The second kappa shape index (κ2) is 5.81. The van der Waals surface area contributed by atoms with Gasteiger partial charge in [-0.3, -0.25) is 0 Å². The van der Waals surface area contributed by atoms with Crippen LogP contribution >= 0.6 is 0 Å². The fourth-order valence-corrected chi connectivity index (χ4v) is 1.52. The molecule has 0 bridgehead atoms. The second-order valence-electron chi connectivity index (χ2n) is 3.71. The van der Waals surface area contributed by atoms with Crippen molar-refractivity contribution >= 4 is 0 Å². The molecular weight excluding hydrogens is 198 g/mol. The summed E-state index contributed by atoms with van der Waals surface area (Å²) in [5, 5.41) is 9.66. The van der Waals surface area contributed by atoms with E-state index in [2.05, 4.69) is 6.92 Å². The lowest BCUT2D eigenvalue weighted by atomic mass is 10.0. The average molecular weight is 214 g/mol. The quantitative estimate of drug-likeness (QED) is 0.743. The first-order valence-corrected chi connectivity index (χ1v) is 5.27. The van der Waals surface area contributed by atoms with Crippen LogP contribution in [0.5, 0.6) is 0 Å². The van der Waals surface area contributed by atoms with Gasteiger partial charge in [-0.05, 0) is 24.1 Å². The maximum absolute atomic E-state index is 12.8. The number of aliphatic hydroxyl groups excluding tert-OH is 1. The van der Waals surface area contributed by atoms with Gasteiger partial charge in [0.1, 0.15) is 11.6 Å². The summed E-state index contributed by atoms with van der Waals surface area (Å²) in [7, 11) is 0. The highest BCUT2D eigenvalue weighted by atomic mass is 19.1. The van der Waals surface area contributed by atoms with Crippen molar-refractivity contribution in [2.45, 2.75) is 38.7 Å². The van der Waals surface area contributed by atoms with Crippen LogP contribution in [-0.4, -0.2) is 5.11 Å². The van der Waals surface area contributed by atoms with Crippen LogP contribution in [0.4, 0.5) is 8.78 Å². The molecule has 1 unspecified atom stereocenters. The third-order valence-corrected chi connectivity index (χ3v) is 2.35. The van der Waals surface area contributed by atoms with Crippen LogP contribution in [0, 0.1) is 11.6 Å². The van der Waals surface area contributed by atoms with Gasteiger partial charge in [0, 0.05) is 6.07 Å². The number of halogens is 2. The highest BCUT2D eigenvalue weighted by molar-refractivity contribution is 5.20. The van der Waals surface area contributed by atoms with E-state index < -0.39 is 17.7 Å². The van der Waals surface area contributed by atoms with E-state index in [1.54, 1.807) is 0 Å². The predicted octanol–water partition coefficient (Wildman–Crippen LogP) is 3.58. The Morgan fingerprint density at radius 3 is 2.27 bits per heavy atom. The Hall–Kier alpha value is -0.960. The van der Waals surface area contributed by atoms with E-state index in [4.69, 9.17) is 0 Å². The molecule has 1 atom stereocenters. The molecule has 1 N–H and O–H groups in total. The Balaban J connectivity index is 2.60. The molecule has 15 heavy (non-hydrogen) atoms. The summed E-state index contributed by atoms with van der Waals surface area (Å²) < 4.78 is 25.7. The highest BCUT2D eigenvalue weighted by Gasteiger charge is 2.09. The molecule has 0 aliphatic carbocycles. The molecule has 0 heterocycles. The minimum Gasteiger partial charge on any atom is -0.388 e. The van der Waals surface area contributed by atoms with Crippen LogP contribution in [-0.2, 0) is 0 Å². The van der Waals surface area contributed by atoms with Gasteiger partial charge in [0.15, 0.2) is 0 Å². The smallest absolute Gasteiger partial charge is 0.126 e. The lowest BCUT2D eigenvalue weighted by Gasteiger charge is -2.10. The Morgan fingerprint density at radius 2 is 1.73 bits per heavy atom. The van der Waals surface area contributed by atoms with Crippen LogP contribution in [0.1, 0.15) is 44.3 Å². The molecule has 0 fully saturated rings. The maximum Gasteiger partial charge on any atom is 0.126 e. The first kappa shape index (κ1) is 12.1. The molecule has 1 rings (SSSR count). The Morgan fingerprint density at radius 1 is 1.13 bits per heavy atom. The highest BCUT2D eigenvalue weighted by Crippen LogP contribution is 2.21. The molecular formula is C12H16F2O. The molecule has 0 aliphatic rings. The zero-order chi connectivity index (χ0) is 11.3. The number of rotatable bonds is 5. The van der Waals surface area contributed by atoms with Gasteiger partial charge < -0.3 is 5.11 Å². The van der Waals surface area contributed by atoms with Gasteiger partial charge in [-0.15, -0.1) is 0 Å². The molecule has 0 spiro atoms. The molecule has 0 saturated carbocycles. The minimum absolute atomic E-state index is 0.323. The summed E-state index contributed by atoms with van der Waals surface area (Å²) in [5.74, 6) is -1.28. The summed E-state index contributed by atoms with van der Waals surface area (Å²) in [4.78, 5) is 0. The SMILES string of the molecule is CCCCCC(O)c1cc(F)cc(F)c1. The number of hydrogen-bond acceptors (Lipinski definition) is 1. The summed E-state index contributed by atoms with van der Waals surface area (Å²) in [6.45, 7) is 2.06. The first-order chi connectivity index (χ1) is 7.13. The van der Waals surface area contributed by atoms with Crippen molar-refractivity contribution in [1.29, 1.82) is 0 Å². The van der Waals surface area contributed by atoms with Gasteiger partial charge in [0.2, 0.25) is 0 Å². The number of benzene rings is 1. The molecule has 84 valence electrons. The maximum atomic E-state index is 12.8. The van der Waals surface area contributed by atoms with E-state index >= 15 is 0 Å². The molecule has 1 aromatic carbocycles. The van der Waals surface area contributed by atoms with Gasteiger partial charge in [0.05, 0.1) is 6.10 Å². The molecule has 0 aliphatic heterocycles. The minimum atomic E-state index is -0.762. The molecule has 1 nitrogen and oxygen atoms in total. The molecule has 0 radical (unpaired) electrons. The first-order valence-electron chi connectivity index (χ1n) is 5.27. The van der Waals surface area contributed by atoms with E-state index in [0.717, 1.165) is 25.3 Å². The third kappa shape index (κ3) is 3.96. The van der Waals surface area contributed by atoms with Gasteiger partial charge in [-0.1, -0.05) is 26.2 Å². The van der Waals surface area contributed by atoms with Crippen molar-refractivity contribution in [3.8, 4) is 0 Å². The van der Waals surface area contributed by atoms with Gasteiger partial charge in [0.25, 0.3) is 0 Å². The third-order valence-electron chi connectivity index (χ3n) is 2.35. The zero-order valence-electron chi connectivity index (χ0n) is 8.84. The van der Waals surface area contributed by atoms with Crippen molar-refractivity contribution in [3.05, 3.63) is 35.4 Å². The van der Waals surface area contributed by atoms with E-state index in [9.17, 15) is 13.9 Å². The van der Waals surface area contributed by atoms with Crippen molar-refractivity contribution in [2.24, 2.45) is 0 Å². The molecule has 1 aromatic rings. The van der Waals surface area contributed by atoms with E-state index in [0.29, 0.717) is 12.0 Å². The number of hydrogen-bond donors (Lipinski definition) is 1.